The standard InChI is InChI=1S/C20H27F2N3O2/c1-2-24-10-12-25(13-11-24)20(27)15-8-6-14(7-9-15)19(26)23-18-16(21)4-3-5-17(18)22/h3-5,14-15H,2,6-13H2,1H3,(H,23,26). The Morgan fingerprint density at radius 3 is 2.11 bits per heavy atom. The van der Waals surface area contributed by atoms with Crippen LogP contribution in [0.2, 0.25) is 0 Å². The van der Waals surface area contributed by atoms with Crippen LogP contribution in [0.25, 0.3) is 0 Å². The van der Waals surface area contributed by atoms with Gasteiger partial charge in [0.25, 0.3) is 0 Å². The van der Waals surface area contributed by atoms with Gasteiger partial charge in [0.2, 0.25) is 11.8 Å². The summed E-state index contributed by atoms with van der Waals surface area (Å²) in [7, 11) is 0. The zero-order chi connectivity index (χ0) is 19.4. The molecule has 2 fully saturated rings. The number of nitrogens with one attached hydrogen (secondary N) is 1. The van der Waals surface area contributed by atoms with E-state index >= 15 is 0 Å². The summed E-state index contributed by atoms with van der Waals surface area (Å²) in [6.45, 7) is 6.48. The average molecular weight is 379 g/mol. The molecule has 0 spiro atoms. The molecule has 2 aliphatic rings. The fraction of sp³-hybridized carbons (Fsp3) is 0.600. The minimum absolute atomic E-state index is 0.0487. The van der Waals surface area contributed by atoms with E-state index in [1.54, 1.807) is 0 Å². The number of likely N-dealkylation sites (N-methyl/N-ethyl adjacent to an activating group) is 1. The van der Waals surface area contributed by atoms with Crippen molar-refractivity contribution in [2.45, 2.75) is 32.6 Å². The molecule has 0 unspecified atom stereocenters. The van der Waals surface area contributed by atoms with E-state index in [0.29, 0.717) is 25.7 Å². The maximum atomic E-state index is 13.7. The second-order valence-corrected chi connectivity index (χ2v) is 7.39. The van der Waals surface area contributed by atoms with E-state index in [0.717, 1.165) is 44.9 Å². The number of para-hydroxylation sites is 1. The Kier molecular flexibility index (Phi) is 6.42. The summed E-state index contributed by atoms with van der Waals surface area (Å²) in [5, 5.41) is 2.38. The van der Waals surface area contributed by atoms with Gasteiger partial charge in [0.15, 0.2) is 0 Å². The van der Waals surface area contributed by atoms with Gasteiger partial charge in [-0.15, -0.1) is 0 Å². The lowest BCUT2D eigenvalue weighted by Crippen LogP contribution is -2.50. The van der Waals surface area contributed by atoms with E-state index < -0.39 is 17.3 Å². The van der Waals surface area contributed by atoms with Crippen molar-refractivity contribution in [3.8, 4) is 0 Å². The first-order valence-electron chi connectivity index (χ1n) is 9.75. The Hall–Kier alpha value is -2.02. The summed E-state index contributed by atoms with van der Waals surface area (Å²) in [5.41, 5.74) is -0.394. The molecule has 3 rings (SSSR count). The van der Waals surface area contributed by atoms with Gasteiger partial charge in [-0.2, -0.15) is 0 Å². The van der Waals surface area contributed by atoms with Gasteiger partial charge in [-0.3, -0.25) is 9.59 Å². The average Bonchev–Trinajstić information content (AvgIpc) is 2.70. The summed E-state index contributed by atoms with van der Waals surface area (Å²) in [5.74, 6) is -2.11. The molecule has 7 heteroatoms. The van der Waals surface area contributed by atoms with Crippen molar-refractivity contribution >= 4 is 17.5 Å². The highest BCUT2D eigenvalue weighted by atomic mass is 19.1. The molecule has 1 aliphatic heterocycles. The molecule has 0 atom stereocenters. The van der Waals surface area contributed by atoms with Gasteiger partial charge >= 0.3 is 0 Å². The van der Waals surface area contributed by atoms with Crippen LogP contribution in [-0.4, -0.2) is 54.3 Å². The molecule has 1 heterocycles. The van der Waals surface area contributed by atoms with Crippen LogP contribution in [0.15, 0.2) is 18.2 Å². The third kappa shape index (κ3) is 4.64. The van der Waals surface area contributed by atoms with E-state index in [1.165, 1.54) is 6.07 Å². The molecule has 0 radical (unpaired) electrons. The highest BCUT2D eigenvalue weighted by Crippen LogP contribution is 2.31. The van der Waals surface area contributed by atoms with Crippen LogP contribution in [0.3, 0.4) is 0 Å². The Balaban J connectivity index is 1.50. The van der Waals surface area contributed by atoms with Crippen molar-refractivity contribution in [1.29, 1.82) is 0 Å². The lowest BCUT2D eigenvalue weighted by molar-refractivity contribution is -0.139. The molecule has 1 aromatic carbocycles. The maximum Gasteiger partial charge on any atom is 0.227 e. The van der Waals surface area contributed by atoms with E-state index in [1.807, 2.05) is 4.90 Å². The third-order valence-corrected chi connectivity index (χ3v) is 5.79. The van der Waals surface area contributed by atoms with Crippen LogP contribution in [0.1, 0.15) is 32.6 Å². The number of rotatable bonds is 4. The largest absolute Gasteiger partial charge is 0.340 e. The Labute approximate surface area is 158 Å². The van der Waals surface area contributed by atoms with Crippen molar-refractivity contribution in [3.05, 3.63) is 29.8 Å². The fourth-order valence-corrected chi connectivity index (χ4v) is 3.99. The van der Waals surface area contributed by atoms with Crippen LogP contribution in [0, 0.1) is 23.5 Å². The van der Waals surface area contributed by atoms with Gasteiger partial charge in [-0.1, -0.05) is 13.0 Å². The molecule has 1 saturated carbocycles. The first kappa shape index (κ1) is 19.7. The Morgan fingerprint density at radius 1 is 1.00 bits per heavy atom. The van der Waals surface area contributed by atoms with Crippen LogP contribution in [0.4, 0.5) is 14.5 Å². The molecule has 1 saturated heterocycles. The van der Waals surface area contributed by atoms with Gasteiger partial charge in [-0.25, -0.2) is 8.78 Å². The first-order valence-corrected chi connectivity index (χ1v) is 9.75. The van der Waals surface area contributed by atoms with E-state index in [-0.39, 0.29) is 23.7 Å². The lowest BCUT2D eigenvalue weighted by Gasteiger charge is -2.37. The van der Waals surface area contributed by atoms with Crippen molar-refractivity contribution in [1.82, 2.24) is 9.80 Å². The van der Waals surface area contributed by atoms with E-state index in [2.05, 4.69) is 17.1 Å². The van der Waals surface area contributed by atoms with Crippen LogP contribution in [-0.2, 0) is 9.59 Å². The van der Waals surface area contributed by atoms with Crippen molar-refractivity contribution in [2.75, 3.05) is 38.0 Å². The molecule has 148 valence electrons. The monoisotopic (exact) mass is 379 g/mol. The normalized spacial score (nSPS) is 23.9. The first-order chi connectivity index (χ1) is 13.0. The van der Waals surface area contributed by atoms with Crippen LogP contribution in [0.5, 0.6) is 0 Å². The number of piperazine rings is 1. The van der Waals surface area contributed by atoms with Crippen molar-refractivity contribution in [2.24, 2.45) is 11.8 Å². The quantitative estimate of drug-likeness (QED) is 0.875. The summed E-state index contributed by atoms with van der Waals surface area (Å²) < 4.78 is 27.4. The number of benzene rings is 1. The fourth-order valence-electron chi connectivity index (χ4n) is 3.99. The SMILES string of the molecule is CCN1CCN(C(=O)C2CCC(C(=O)Nc3c(F)cccc3F)CC2)CC1. The number of amides is 2. The number of carbonyl (C=O) groups is 2. The molecule has 0 aromatic heterocycles. The molecular weight excluding hydrogens is 352 g/mol. The Morgan fingerprint density at radius 2 is 1.56 bits per heavy atom. The summed E-state index contributed by atoms with van der Waals surface area (Å²) >= 11 is 0. The number of carbonyl (C=O) groups excluding carboxylic acids is 2. The van der Waals surface area contributed by atoms with Crippen molar-refractivity contribution < 1.29 is 18.4 Å². The van der Waals surface area contributed by atoms with Gasteiger partial charge in [-0.05, 0) is 44.4 Å². The maximum absolute atomic E-state index is 13.7. The minimum atomic E-state index is -0.779. The zero-order valence-electron chi connectivity index (χ0n) is 15.7. The van der Waals surface area contributed by atoms with E-state index in [4.69, 9.17) is 0 Å². The molecule has 2 amide bonds. The molecule has 1 aliphatic carbocycles. The number of hydrogen-bond donors (Lipinski definition) is 1. The number of nitrogens with zero attached hydrogens (tertiary/aromatic N) is 2. The van der Waals surface area contributed by atoms with Crippen molar-refractivity contribution in [3.63, 3.8) is 0 Å². The van der Waals surface area contributed by atoms with Crippen LogP contribution >= 0.6 is 0 Å². The van der Waals surface area contributed by atoms with Gasteiger partial charge < -0.3 is 15.1 Å². The summed E-state index contributed by atoms with van der Waals surface area (Å²) in [6.07, 6.45) is 2.41. The second kappa shape index (κ2) is 8.78. The molecule has 5 nitrogen and oxygen atoms in total. The third-order valence-electron chi connectivity index (χ3n) is 5.79. The summed E-state index contributed by atoms with van der Waals surface area (Å²) in [4.78, 5) is 29.3. The van der Waals surface area contributed by atoms with Gasteiger partial charge in [0.05, 0.1) is 0 Å². The van der Waals surface area contributed by atoms with Crippen LogP contribution < -0.4 is 5.32 Å². The van der Waals surface area contributed by atoms with Gasteiger partial charge in [0.1, 0.15) is 17.3 Å². The summed E-state index contributed by atoms with van der Waals surface area (Å²) in [6, 6.07) is 3.50. The van der Waals surface area contributed by atoms with Gasteiger partial charge in [0, 0.05) is 38.0 Å². The smallest absolute Gasteiger partial charge is 0.227 e. The minimum Gasteiger partial charge on any atom is -0.340 e. The predicted octanol–water partition coefficient (Wildman–Crippen LogP) is 2.87. The number of anilines is 1. The molecular formula is C20H27F2N3O2. The molecule has 1 N–H and O–H groups in total. The highest BCUT2D eigenvalue weighted by Gasteiger charge is 2.33. The zero-order valence-corrected chi connectivity index (χ0v) is 15.7. The molecule has 1 aromatic rings. The topological polar surface area (TPSA) is 52.7 Å². The Bertz CT molecular complexity index is 662. The molecule has 27 heavy (non-hydrogen) atoms. The number of halogens is 2. The van der Waals surface area contributed by atoms with E-state index in [9.17, 15) is 18.4 Å². The lowest BCUT2D eigenvalue weighted by atomic mass is 9.80. The molecule has 0 bridgehead atoms. The predicted molar refractivity (Wildman–Crippen MR) is 99.1 cm³/mol. The second-order valence-electron chi connectivity index (χ2n) is 7.39. The number of hydrogen-bond acceptors (Lipinski definition) is 3. The highest BCUT2D eigenvalue weighted by molar-refractivity contribution is 5.93.